The number of amides is 2. The lowest BCUT2D eigenvalue weighted by molar-refractivity contribution is -0.130. The van der Waals surface area contributed by atoms with Crippen molar-refractivity contribution in [3.8, 4) is 0 Å². The lowest BCUT2D eigenvalue weighted by atomic mass is 10.2. The third-order valence-corrected chi connectivity index (χ3v) is 4.58. The van der Waals surface area contributed by atoms with E-state index in [2.05, 4.69) is 15.6 Å². The minimum absolute atomic E-state index is 0.0268. The lowest BCUT2D eigenvalue weighted by Crippen LogP contribution is -2.35. The van der Waals surface area contributed by atoms with Crippen LogP contribution in [0.25, 0.3) is 11.0 Å². The van der Waals surface area contributed by atoms with Crippen LogP contribution in [0.15, 0.2) is 24.3 Å². The molecule has 1 aliphatic heterocycles. The van der Waals surface area contributed by atoms with E-state index in [-0.39, 0.29) is 30.5 Å². The van der Waals surface area contributed by atoms with Gasteiger partial charge < -0.3 is 19.9 Å². The van der Waals surface area contributed by atoms with Crippen LogP contribution in [0.1, 0.15) is 38.9 Å². The number of ether oxygens (including phenoxy) is 1. The van der Waals surface area contributed by atoms with Crippen molar-refractivity contribution in [1.29, 1.82) is 0 Å². The van der Waals surface area contributed by atoms with Gasteiger partial charge in [0.15, 0.2) is 0 Å². The first kappa shape index (κ1) is 19.4. The Morgan fingerprint density at radius 2 is 2.15 bits per heavy atom. The van der Waals surface area contributed by atoms with Crippen LogP contribution >= 0.6 is 0 Å². The average Bonchev–Trinajstić information content (AvgIpc) is 3.27. The molecule has 2 amide bonds. The van der Waals surface area contributed by atoms with Crippen LogP contribution in [0.2, 0.25) is 0 Å². The van der Waals surface area contributed by atoms with Crippen molar-refractivity contribution < 1.29 is 14.3 Å². The smallest absolute Gasteiger partial charge is 0.249 e. The monoisotopic (exact) mass is 372 g/mol. The van der Waals surface area contributed by atoms with E-state index in [4.69, 9.17) is 4.74 Å². The van der Waals surface area contributed by atoms with Crippen LogP contribution < -0.4 is 10.6 Å². The second kappa shape index (κ2) is 8.99. The summed E-state index contributed by atoms with van der Waals surface area (Å²) >= 11 is 0. The van der Waals surface area contributed by atoms with Gasteiger partial charge in [0.25, 0.3) is 0 Å². The topological polar surface area (TPSA) is 85.2 Å². The van der Waals surface area contributed by atoms with Crippen molar-refractivity contribution in [2.75, 3.05) is 13.2 Å². The Hall–Kier alpha value is -2.41. The molecule has 7 heteroatoms. The van der Waals surface area contributed by atoms with Crippen molar-refractivity contribution in [3.63, 3.8) is 0 Å². The summed E-state index contributed by atoms with van der Waals surface area (Å²) in [6.45, 7) is 5.38. The zero-order valence-electron chi connectivity index (χ0n) is 16.0. The highest BCUT2D eigenvalue weighted by Crippen LogP contribution is 2.17. The highest BCUT2D eigenvalue weighted by Gasteiger charge is 2.23. The maximum absolute atomic E-state index is 12.3. The normalized spacial score (nSPS) is 16.8. The minimum Gasteiger partial charge on any atom is -0.368 e. The largest absolute Gasteiger partial charge is 0.368 e. The molecule has 1 unspecified atom stereocenters. The quantitative estimate of drug-likeness (QED) is 0.692. The number of carbonyl (C=O) groups is 2. The number of nitrogens with zero attached hydrogens (tertiary/aromatic N) is 2. The second-order valence-corrected chi connectivity index (χ2v) is 7.22. The number of aromatic nitrogens is 2. The van der Waals surface area contributed by atoms with Crippen LogP contribution in [0.4, 0.5) is 0 Å². The highest BCUT2D eigenvalue weighted by atomic mass is 16.5. The van der Waals surface area contributed by atoms with E-state index in [1.165, 1.54) is 0 Å². The van der Waals surface area contributed by atoms with Gasteiger partial charge >= 0.3 is 0 Å². The zero-order valence-corrected chi connectivity index (χ0v) is 16.0. The standard InChI is InChI=1S/C20H28N4O3/c1-14(2)22-19(25)13-24-16-8-4-3-7-15(16)23-18(24)10-5-11-21-20(26)17-9-6-12-27-17/h3-4,7-8,14,17H,5-6,9-13H2,1-2H3,(H,21,26)(H,22,25). The third kappa shape index (κ3) is 5.07. The summed E-state index contributed by atoms with van der Waals surface area (Å²) in [7, 11) is 0. The molecular formula is C20H28N4O3. The fourth-order valence-electron chi connectivity index (χ4n) is 3.36. The number of benzene rings is 1. The predicted octanol–water partition coefficient (Wildman–Crippen LogP) is 1.79. The average molecular weight is 372 g/mol. The Balaban J connectivity index is 1.61. The molecule has 2 aromatic rings. The molecule has 1 aromatic carbocycles. The molecule has 27 heavy (non-hydrogen) atoms. The Morgan fingerprint density at radius 3 is 2.89 bits per heavy atom. The van der Waals surface area contributed by atoms with Crippen molar-refractivity contribution in [2.45, 2.75) is 58.2 Å². The number of fused-ring (bicyclic) bond motifs is 1. The van der Waals surface area contributed by atoms with E-state index in [0.29, 0.717) is 19.6 Å². The Kier molecular flexibility index (Phi) is 6.45. The van der Waals surface area contributed by atoms with Crippen LogP contribution in [0.5, 0.6) is 0 Å². The fourth-order valence-corrected chi connectivity index (χ4v) is 3.36. The van der Waals surface area contributed by atoms with Crippen LogP contribution in [0, 0.1) is 0 Å². The molecule has 2 heterocycles. The molecule has 1 saturated heterocycles. The van der Waals surface area contributed by atoms with Gasteiger partial charge in [-0.15, -0.1) is 0 Å². The van der Waals surface area contributed by atoms with E-state index in [9.17, 15) is 9.59 Å². The first-order chi connectivity index (χ1) is 13.0. The van der Waals surface area contributed by atoms with Gasteiger partial charge in [0.1, 0.15) is 18.5 Å². The summed E-state index contributed by atoms with van der Waals surface area (Å²) in [5.41, 5.74) is 1.84. The molecule has 0 radical (unpaired) electrons. The van der Waals surface area contributed by atoms with E-state index >= 15 is 0 Å². The van der Waals surface area contributed by atoms with Gasteiger partial charge in [0.2, 0.25) is 11.8 Å². The maximum atomic E-state index is 12.3. The fraction of sp³-hybridized carbons (Fsp3) is 0.550. The molecule has 2 N–H and O–H groups in total. The summed E-state index contributed by atoms with van der Waals surface area (Å²) in [5.74, 6) is 0.805. The molecule has 1 aliphatic rings. The van der Waals surface area contributed by atoms with Gasteiger partial charge in [-0.1, -0.05) is 12.1 Å². The first-order valence-corrected chi connectivity index (χ1v) is 9.67. The molecule has 0 bridgehead atoms. The van der Waals surface area contributed by atoms with E-state index in [1.54, 1.807) is 0 Å². The van der Waals surface area contributed by atoms with Crippen molar-refractivity contribution in [2.24, 2.45) is 0 Å². The molecule has 3 rings (SSSR count). The van der Waals surface area contributed by atoms with Crippen molar-refractivity contribution in [3.05, 3.63) is 30.1 Å². The summed E-state index contributed by atoms with van der Waals surface area (Å²) in [4.78, 5) is 28.9. The zero-order chi connectivity index (χ0) is 19.2. The van der Waals surface area contributed by atoms with E-state index < -0.39 is 0 Å². The van der Waals surface area contributed by atoms with Crippen LogP contribution in [0.3, 0.4) is 0 Å². The SMILES string of the molecule is CC(C)NC(=O)Cn1c(CCCNC(=O)C2CCCO2)nc2ccccc21. The predicted molar refractivity (Wildman–Crippen MR) is 103 cm³/mol. The molecule has 0 saturated carbocycles. The van der Waals surface area contributed by atoms with Gasteiger partial charge in [-0.25, -0.2) is 4.98 Å². The van der Waals surface area contributed by atoms with Crippen molar-refractivity contribution in [1.82, 2.24) is 20.2 Å². The van der Waals surface area contributed by atoms with Crippen molar-refractivity contribution >= 4 is 22.8 Å². The van der Waals surface area contributed by atoms with E-state index in [0.717, 1.165) is 36.1 Å². The third-order valence-electron chi connectivity index (χ3n) is 4.58. The number of nitrogens with one attached hydrogen (secondary N) is 2. The van der Waals surface area contributed by atoms with E-state index in [1.807, 2.05) is 42.7 Å². The Labute approximate surface area is 159 Å². The number of hydrogen-bond acceptors (Lipinski definition) is 4. The first-order valence-electron chi connectivity index (χ1n) is 9.67. The Morgan fingerprint density at radius 1 is 1.33 bits per heavy atom. The molecule has 146 valence electrons. The molecule has 0 aliphatic carbocycles. The van der Waals surface area contributed by atoms with Crippen LogP contribution in [-0.2, 0) is 27.3 Å². The number of carbonyl (C=O) groups excluding carboxylic acids is 2. The van der Waals surface area contributed by atoms with Crippen LogP contribution in [-0.4, -0.2) is 46.7 Å². The van der Waals surface area contributed by atoms with Gasteiger partial charge in [-0.05, 0) is 45.2 Å². The molecule has 7 nitrogen and oxygen atoms in total. The summed E-state index contributed by atoms with van der Waals surface area (Å²) in [6, 6.07) is 7.93. The summed E-state index contributed by atoms with van der Waals surface area (Å²) < 4.78 is 7.36. The molecule has 1 aromatic heterocycles. The van der Waals surface area contributed by atoms with Gasteiger partial charge in [-0.2, -0.15) is 0 Å². The number of rotatable bonds is 8. The minimum atomic E-state index is -0.297. The number of hydrogen-bond donors (Lipinski definition) is 2. The molecule has 0 spiro atoms. The summed E-state index contributed by atoms with van der Waals surface area (Å²) in [5, 5.41) is 5.86. The summed E-state index contributed by atoms with van der Waals surface area (Å²) in [6.07, 6.45) is 2.89. The number of aryl methyl sites for hydroxylation is 1. The Bertz CT molecular complexity index is 794. The highest BCUT2D eigenvalue weighted by molar-refractivity contribution is 5.81. The van der Waals surface area contributed by atoms with Gasteiger partial charge in [-0.3, -0.25) is 9.59 Å². The molecular weight excluding hydrogens is 344 g/mol. The second-order valence-electron chi connectivity index (χ2n) is 7.22. The van der Waals surface area contributed by atoms with Gasteiger partial charge in [0.05, 0.1) is 11.0 Å². The lowest BCUT2D eigenvalue weighted by Gasteiger charge is -2.13. The number of imidazole rings is 1. The maximum Gasteiger partial charge on any atom is 0.249 e. The molecule has 1 atom stereocenters. The number of para-hydroxylation sites is 2. The molecule has 1 fully saturated rings. The van der Waals surface area contributed by atoms with Gasteiger partial charge in [0, 0.05) is 25.6 Å².